The second kappa shape index (κ2) is 4.52. The highest BCUT2D eigenvalue weighted by Crippen LogP contribution is 2.29. The van der Waals surface area contributed by atoms with Crippen LogP contribution in [0.5, 0.6) is 0 Å². The van der Waals surface area contributed by atoms with Crippen LogP contribution in [0.1, 0.15) is 20.7 Å². The molecule has 1 heterocycles. The summed E-state index contributed by atoms with van der Waals surface area (Å²) in [7, 11) is 0. The predicted molar refractivity (Wildman–Crippen MR) is 73.9 cm³/mol. The van der Waals surface area contributed by atoms with Crippen molar-refractivity contribution < 1.29 is 9.59 Å². The van der Waals surface area contributed by atoms with E-state index in [0.717, 1.165) is 0 Å². The van der Waals surface area contributed by atoms with E-state index >= 15 is 0 Å². The summed E-state index contributed by atoms with van der Waals surface area (Å²) in [5, 5.41) is 0.578. The number of fused-ring (bicyclic) bond motifs is 1. The van der Waals surface area contributed by atoms with Gasteiger partial charge in [-0.2, -0.15) is 0 Å². The molecular weight excluding hydrogens is 262 g/mol. The van der Waals surface area contributed by atoms with E-state index < -0.39 is 0 Å². The standard InChI is InChI=1S/C15H10ClNO2/c16-11-7-5-10(6-8-11)15(19)17-9-14(18)12-3-1-2-4-13(12)17/h1-8H,9H2. The number of carbonyl (C=O) groups is 2. The number of anilines is 1. The highest BCUT2D eigenvalue weighted by Gasteiger charge is 2.30. The van der Waals surface area contributed by atoms with E-state index in [9.17, 15) is 9.59 Å². The van der Waals surface area contributed by atoms with E-state index in [2.05, 4.69) is 0 Å². The van der Waals surface area contributed by atoms with Gasteiger partial charge in [0.15, 0.2) is 5.78 Å². The average Bonchev–Trinajstić information content (AvgIpc) is 2.77. The Morgan fingerprint density at radius 1 is 1.05 bits per heavy atom. The van der Waals surface area contributed by atoms with E-state index in [1.807, 2.05) is 6.07 Å². The monoisotopic (exact) mass is 271 g/mol. The first-order chi connectivity index (χ1) is 9.16. The van der Waals surface area contributed by atoms with E-state index in [1.54, 1.807) is 42.5 Å². The van der Waals surface area contributed by atoms with Crippen LogP contribution in [0.15, 0.2) is 48.5 Å². The quantitative estimate of drug-likeness (QED) is 0.799. The summed E-state index contributed by atoms with van der Waals surface area (Å²) in [5.74, 6) is -0.215. The average molecular weight is 272 g/mol. The molecule has 0 saturated carbocycles. The fourth-order valence-corrected chi connectivity index (χ4v) is 2.31. The Morgan fingerprint density at radius 3 is 2.47 bits per heavy atom. The number of Topliss-reactive ketones (excluding diaryl/α,β-unsaturated/α-hetero) is 1. The van der Waals surface area contributed by atoms with E-state index in [4.69, 9.17) is 11.6 Å². The molecule has 2 aromatic rings. The first kappa shape index (κ1) is 11.9. The van der Waals surface area contributed by atoms with Crippen LogP contribution < -0.4 is 4.90 Å². The topological polar surface area (TPSA) is 37.4 Å². The molecule has 2 aromatic carbocycles. The molecule has 4 heteroatoms. The fraction of sp³-hybridized carbons (Fsp3) is 0.0667. The van der Waals surface area contributed by atoms with Crippen LogP contribution in [0.25, 0.3) is 0 Å². The van der Waals surface area contributed by atoms with Gasteiger partial charge in [-0.05, 0) is 36.4 Å². The zero-order valence-corrected chi connectivity index (χ0v) is 10.7. The number of para-hydroxylation sites is 1. The zero-order valence-electron chi connectivity index (χ0n) is 9.97. The van der Waals surface area contributed by atoms with Gasteiger partial charge in [0.25, 0.3) is 5.91 Å². The van der Waals surface area contributed by atoms with Crippen LogP contribution in [0.2, 0.25) is 5.02 Å². The van der Waals surface area contributed by atoms with Crippen molar-refractivity contribution in [2.24, 2.45) is 0 Å². The molecule has 19 heavy (non-hydrogen) atoms. The van der Waals surface area contributed by atoms with Crippen molar-refractivity contribution in [2.75, 3.05) is 11.4 Å². The van der Waals surface area contributed by atoms with Crippen molar-refractivity contribution in [3.63, 3.8) is 0 Å². The Kier molecular flexibility index (Phi) is 2.84. The van der Waals surface area contributed by atoms with Crippen LogP contribution in [-0.4, -0.2) is 18.2 Å². The zero-order chi connectivity index (χ0) is 13.4. The van der Waals surface area contributed by atoms with Gasteiger partial charge in [0.1, 0.15) is 0 Å². The molecule has 0 radical (unpaired) electrons. The number of halogens is 1. The molecular formula is C15H10ClNO2. The van der Waals surface area contributed by atoms with Crippen molar-refractivity contribution in [2.45, 2.75) is 0 Å². The van der Waals surface area contributed by atoms with Gasteiger partial charge in [0, 0.05) is 16.1 Å². The first-order valence-electron chi connectivity index (χ1n) is 5.86. The second-order valence-corrected chi connectivity index (χ2v) is 4.77. The van der Waals surface area contributed by atoms with Gasteiger partial charge in [0.2, 0.25) is 0 Å². The number of nitrogens with zero attached hydrogens (tertiary/aromatic N) is 1. The minimum atomic E-state index is -0.185. The summed E-state index contributed by atoms with van der Waals surface area (Å²) in [5.41, 5.74) is 1.80. The minimum Gasteiger partial charge on any atom is -0.300 e. The Bertz CT molecular complexity index is 664. The predicted octanol–water partition coefficient (Wildman–Crippen LogP) is 3.18. The lowest BCUT2D eigenvalue weighted by atomic mass is 10.1. The molecule has 0 aliphatic carbocycles. The Balaban J connectivity index is 1.98. The molecule has 3 nitrogen and oxygen atoms in total. The third-order valence-electron chi connectivity index (χ3n) is 3.13. The molecule has 0 atom stereocenters. The van der Waals surface area contributed by atoms with Crippen LogP contribution in [-0.2, 0) is 0 Å². The third-order valence-corrected chi connectivity index (χ3v) is 3.39. The lowest BCUT2D eigenvalue weighted by Gasteiger charge is -2.16. The summed E-state index contributed by atoms with van der Waals surface area (Å²) >= 11 is 5.80. The van der Waals surface area contributed by atoms with Crippen molar-refractivity contribution >= 4 is 29.0 Å². The smallest absolute Gasteiger partial charge is 0.258 e. The van der Waals surface area contributed by atoms with Crippen LogP contribution in [0, 0.1) is 0 Å². The summed E-state index contributed by atoms with van der Waals surface area (Å²) in [6.45, 7) is 0.0980. The molecule has 0 N–H and O–H groups in total. The van der Waals surface area contributed by atoms with Gasteiger partial charge in [0.05, 0.1) is 12.2 Å². The summed E-state index contributed by atoms with van der Waals surface area (Å²) in [6, 6.07) is 13.8. The van der Waals surface area contributed by atoms with Gasteiger partial charge >= 0.3 is 0 Å². The number of amides is 1. The number of rotatable bonds is 1. The lowest BCUT2D eigenvalue weighted by molar-refractivity contribution is 0.0951. The number of hydrogen-bond donors (Lipinski definition) is 0. The molecule has 3 rings (SSSR count). The third kappa shape index (κ3) is 2.02. The maximum Gasteiger partial charge on any atom is 0.258 e. The van der Waals surface area contributed by atoms with Crippen LogP contribution in [0.4, 0.5) is 5.69 Å². The van der Waals surface area contributed by atoms with Gasteiger partial charge in [-0.3, -0.25) is 14.5 Å². The number of hydrogen-bond acceptors (Lipinski definition) is 2. The normalized spacial score (nSPS) is 13.5. The highest BCUT2D eigenvalue weighted by atomic mass is 35.5. The van der Waals surface area contributed by atoms with Crippen LogP contribution >= 0.6 is 11.6 Å². The molecule has 0 saturated heterocycles. The molecule has 94 valence electrons. The largest absolute Gasteiger partial charge is 0.300 e. The maximum absolute atomic E-state index is 12.4. The molecule has 0 fully saturated rings. The molecule has 0 spiro atoms. The molecule has 0 bridgehead atoms. The summed E-state index contributed by atoms with van der Waals surface area (Å²) in [4.78, 5) is 25.7. The molecule has 0 unspecified atom stereocenters. The van der Waals surface area contributed by atoms with E-state index in [1.165, 1.54) is 4.90 Å². The summed E-state index contributed by atoms with van der Waals surface area (Å²) in [6.07, 6.45) is 0. The SMILES string of the molecule is O=C1CN(C(=O)c2ccc(Cl)cc2)c2ccccc21. The Morgan fingerprint density at radius 2 is 1.74 bits per heavy atom. The van der Waals surface area contributed by atoms with Gasteiger partial charge in [-0.25, -0.2) is 0 Å². The van der Waals surface area contributed by atoms with Gasteiger partial charge < -0.3 is 0 Å². The van der Waals surface area contributed by atoms with Crippen LogP contribution in [0.3, 0.4) is 0 Å². The van der Waals surface area contributed by atoms with Crippen molar-refractivity contribution in [1.29, 1.82) is 0 Å². The molecule has 1 aliphatic heterocycles. The Labute approximate surface area is 115 Å². The number of carbonyl (C=O) groups excluding carboxylic acids is 2. The molecule has 1 aliphatic rings. The fourth-order valence-electron chi connectivity index (χ4n) is 2.19. The summed E-state index contributed by atoms with van der Waals surface area (Å²) < 4.78 is 0. The van der Waals surface area contributed by atoms with E-state index in [0.29, 0.717) is 21.8 Å². The van der Waals surface area contributed by atoms with Gasteiger partial charge in [-0.1, -0.05) is 23.7 Å². The lowest BCUT2D eigenvalue weighted by Crippen LogP contribution is -2.30. The second-order valence-electron chi connectivity index (χ2n) is 4.34. The Hall–Kier alpha value is -2.13. The van der Waals surface area contributed by atoms with Crippen molar-refractivity contribution in [1.82, 2.24) is 0 Å². The molecule has 1 amide bonds. The first-order valence-corrected chi connectivity index (χ1v) is 6.24. The number of ketones is 1. The van der Waals surface area contributed by atoms with Crippen molar-refractivity contribution in [3.05, 3.63) is 64.7 Å². The van der Waals surface area contributed by atoms with Crippen molar-refractivity contribution in [3.8, 4) is 0 Å². The number of benzene rings is 2. The van der Waals surface area contributed by atoms with Gasteiger partial charge in [-0.15, -0.1) is 0 Å². The highest BCUT2D eigenvalue weighted by molar-refractivity contribution is 6.30. The molecule has 0 aromatic heterocycles. The minimum absolute atomic E-state index is 0.0297. The maximum atomic E-state index is 12.4. The van der Waals surface area contributed by atoms with E-state index in [-0.39, 0.29) is 18.2 Å².